The van der Waals surface area contributed by atoms with Crippen molar-refractivity contribution in [1.29, 1.82) is 0 Å². The van der Waals surface area contributed by atoms with Crippen LogP contribution in [0.5, 0.6) is 11.5 Å². The minimum atomic E-state index is -0.437. The van der Waals surface area contributed by atoms with Gasteiger partial charge in [-0.05, 0) is 66.4 Å². The maximum absolute atomic E-state index is 12.8. The lowest BCUT2D eigenvalue weighted by Gasteiger charge is -2.26. The molecule has 0 aromatic heterocycles. The van der Waals surface area contributed by atoms with Crippen molar-refractivity contribution in [1.82, 2.24) is 0 Å². The SMILES string of the molecule is CCCC1CN(c2ccc(C)c(N3CC(COc4ccc(C(C)(C)c5ccc(O)cc5)cc4)OC3=O)c2)C(=O)O1. The molecule has 2 aliphatic heterocycles. The summed E-state index contributed by atoms with van der Waals surface area (Å²) in [4.78, 5) is 28.5. The maximum atomic E-state index is 12.8. The highest BCUT2D eigenvalue weighted by molar-refractivity contribution is 5.94. The fourth-order valence-electron chi connectivity index (χ4n) is 5.27. The zero-order valence-electron chi connectivity index (χ0n) is 23.4. The number of hydrogen-bond acceptors (Lipinski definition) is 6. The Hall–Kier alpha value is -4.20. The summed E-state index contributed by atoms with van der Waals surface area (Å²) in [5.41, 5.74) is 4.28. The van der Waals surface area contributed by atoms with Crippen LogP contribution < -0.4 is 14.5 Å². The second-order valence-corrected chi connectivity index (χ2v) is 11.0. The second-order valence-electron chi connectivity index (χ2n) is 11.0. The Morgan fingerprint density at radius 1 is 0.875 bits per heavy atom. The smallest absolute Gasteiger partial charge is 0.414 e. The van der Waals surface area contributed by atoms with E-state index in [1.807, 2.05) is 61.5 Å². The number of phenols is 1. The molecule has 0 radical (unpaired) electrons. The molecule has 2 amide bonds. The van der Waals surface area contributed by atoms with E-state index in [2.05, 4.69) is 20.8 Å². The van der Waals surface area contributed by atoms with Crippen LogP contribution in [0, 0.1) is 6.92 Å². The van der Waals surface area contributed by atoms with E-state index < -0.39 is 12.2 Å². The monoisotopic (exact) mass is 544 g/mol. The molecule has 2 fully saturated rings. The van der Waals surface area contributed by atoms with Gasteiger partial charge in [0.2, 0.25) is 0 Å². The number of hydrogen-bond donors (Lipinski definition) is 1. The van der Waals surface area contributed by atoms with Crippen LogP contribution >= 0.6 is 0 Å². The maximum Gasteiger partial charge on any atom is 0.414 e. The standard InChI is InChI=1S/C32H36N2O6/c1-5-6-27-18-33(30(36)39-27)24-12-7-21(2)29(17-24)34-19-28(40-31(34)37)20-38-26-15-10-23(11-16-26)32(3,4)22-8-13-25(35)14-9-22/h7-17,27-28,35H,5-6,18-20H2,1-4H3. The highest BCUT2D eigenvalue weighted by Gasteiger charge is 2.36. The van der Waals surface area contributed by atoms with Crippen LogP contribution in [0.1, 0.15) is 50.3 Å². The summed E-state index contributed by atoms with van der Waals surface area (Å²) in [6.45, 7) is 9.33. The first kappa shape index (κ1) is 27.4. The van der Waals surface area contributed by atoms with Gasteiger partial charge in [-0.1, -0.05) is 57.5 Å². The van der Waals surface area contributed by atoms with Gasteiger partial charge in [0.25, 0.3) is 0 Å². The molecule has 3 aromatic rings. The Labute approximate surface area is 235 Å². The lowest BCUT2D eigenvalue weighted by molar-refractivity contribution is 0.105. The number of nitrogens with zero attached hydrogens (tertiary/aromatic N) is 2. The molecule has 0 aliphatic carbocycles. The lowest BCUT2D eigenvalue weighted by atomic mass is 9.78. The molecule has 5 rings (SSSR count). The molecule has 1 N–H and O–H groups in total. The van der Waals surface area contributed by atoms with E-state index in [1.54, 1.807) is 21.9 Å². The van der Waals surface area contributed by atoms with Crippen molar-refractivity contribution in [2.45, 2.75) is 58.2 Å². The van der Waals surface area contributed by atoms with E-state index in [0.717, 1.165) is 29.5 Å². The number of amides is 2. The van der Waals surface area contributed by atoms with Crippen LogP contribution in [-0.2, 0) is 14.9 Å². The largest absolute Gasteiger partial charge is 0.508 e. The first-order chi connectivity index (χ1) is 19.2. The number of phenolic OH excluding ortho intramolecular Hbond substituents is 1. The number of cyclic esters (lactones) is 2. The molecular formula is C32H36N2O6. The van der Waals surface area contributed by atoms with Crippen LogP contribution in [0.25, 0.3) is 0 Å². The van der Waals surface area contributed by atoms with Gasteiger partial charge < -0.3 is 19.3 Å². The minimum Gasteiger partial charge on any atom is -0.508 e. The third kappa shape index (κ3) is 5.57. The van der Waals surface area contributed by atoms with Gasteiger partial charge in [0.15, 0.2) is 6.10 Å². The molecule has 3 aromatic carbocycles. The van der Waals surface area contributed by atoms with Crippen molar-refractivity contribution in [2.75, 3.05) is 29.5 Å². The topological polar surface area (TPSA) is 88.5 Å². The fourth-order valence-corrected chi connectivity index (χ4v) is 5.27. The molecule has 2 saturated heterocycles. The Balaban J connectivity index is 1.22. The predicted octanol–water partition coefficient (Wildman–Crippen LogP) is 6.56. The van der Waals surface area contributed by atoms with Crippen molar-refractivity contribution >= 4 is 23.6 Å². The summed E-state index contributed by atoms with van der Waals surface area (Å²) in [6, 6.07) is 20.8. The van der Waals surface area contributed by atoms with Crippen molar-refractivity contribution < 1.29 is 28.9 Å². The molecule has 2 unspecified atom stereocenters. The summed E-state index contributed by atoms with van der Waals surface area (Å²) >= 11 is 0. The van der Waals surface area contributed by atoms with E-state index in [1.165, 1.54) is 0 Å². The van der Waals surface area contributed by atoms with E-state index in [-0.39, 0.29) is 30.0 Å². The second kappa shape index (κ2) is 11.1. The van der Waals surface area contributed by atoms with Crippen LogP contribution in [0.2, 0.25) is 0 Å². The first-order valence-corrected chi connectivity index (χ1v) is 13.8. The number of anilines is 2. The number of carbonyl (C=O) groups is 2. The van der Waals surface area contributed by atoms with Gasteiger partial charge in [0.1, 0.15) is 24.2 Å². The van der Waals surface area contributed by atoms with Gasteiger partial charge in [0, 0.05) is 11.1 Å². The van der Waals surface area contributed by atoms with Gasteiger partial charge in [-0.25, -0.2) is 9.59 Å². The molecular weight excluding hydrogens is 508 g/mol. The summed E-state index contributed by atoms with van der Waals surface area (Å²) in [6.07, 6.45) is 0.409. The minimum absolute atomic E-state index is 0.117. The highest BCUT2D eigenvalue weighted by Crippen LogP contribution is 2.34. The van der Waals surface area contributed by atoms with E-state index in [9.17, 15) is 14.7 Å². The van der Waals surface area contributed by atoms with Gasteiger partial charge in [0.05, 0.1) is 18.8 Å². The number of carbonyl (C=O) groups excluding carboxylic acids is 2. The number of aryl methyl sites for hydroxylation is 1. The lowest BCUT2D eigenvalue weighted by Crippen LogP contribution is -2.28. The van der Waals surface area contributed by atoms with Crippen molar-refractivity contribution in [3.63, 3.8) is 0 Å². The average Bonchev–Trinajstić information content (AvgIpc) is 3.50. The number of benzene rings is 3. The van der Waals surface area contributed by atoms with Gasteiger partial charge in [-0.15, -0.1) is 0 Å². The molecule has 40 heavy (non-hydrogen) atoms. The summed E-state index contributed by atoms with van der Waals surface area (Å²) in [5.74, 6) is 0.932. The van der Waals surface area contributed by atoms with Crippen molar-refractivity contribution in [3.8, 4) is 11.5 Å². The summed E-state index contributed by atoms with van der Waals surface area (Å²) in [5, 5.41) is 9.61. The first-order valence-electron chi connectivity index (χ1n) is 13.8. The third-order valence-electron chi connectivity index (χ3n) is 7.75. The Bertz CT molecular complexity index is 1370. The zero-order chi connectivity index (χ0) is 28.4. The molecule has 0 bridgehead atoms. The van der Waals surface area contributed by atoms with Gasteiger partial charge >= 0.3 is 12.2 Å². The number of aromatic hydroxyl groups is 1. The van der Waals surface area contributed by atoms with Gasteiger partial charge in [-0.2, -0.15) is 0 Å². The highest BCUT2D eigenvalue weighted by atomic mass is 16.6. The van der Waals surface area contributed by atoms with E-state index in [0.29, 0.717) is 30.2 Å². The predicted molar refractivity (Wildman–Crippen MR) is 153 cm³/mol. The number of rotatable bonds is 9. The Kier molecular flexibility index (Phi) is 7.61. The summed E-state index contributed by atoms with van der Waals surface area (Å²) < 4.78 is 17.1. The Morgan fingerprint density at radius 3 is 2.15 bits per heavy atom. The molecule has 0 saturated carbocycles. The molecule has 210 valence electrons. The number of ether oxygens (including phenoxy) is 3. The molecule has 8 heteroatoms. The molecule has 2 atom stereocenters. The van der Waals surface area contributed by atoms with Crippen LogP contribution in [0.4, 0.5) is 21.0 Å². The van der Waals surface area contributed by atoms with E-state index >= 15 is 0 Å². The fraction of sp³-hybridized carbons (Fsp3) is 0.375. The quantitative estimate of drug-likeness (QED) is 0.328. The van der Waals surface area contributed by atoms with Crippen molar-refractivity contribution in [2.24, 2.45) is 0 Å². The summed E-state index contributed by atoms with van der Waals surface area (Å²) in [7, 11) is 0. The van der Waals surface area contributed by atoms with E-state index in [4.69, 9.17) is 14.2 Å². The van der Waals surface area contributed by atoms with Gasteiger partial charge in [-0.3, -0.25) is 9.80 Å². The average molecular weight is 545 g/mol. The molecule has 2 aliphatic rings. The molecule has 0 spiro atoms. The zero-order valence-corrected chi connectivity index (χ0v) is 23.4. The van der Waals surface area contributed by atoms with Crippen molar-refractivity contribution in [3.05, 3.63) is 83.4 Å². The van der Waals surface area contributed by atoms with Crippen LogP contribution in [0.3, 0.4) is 0 Å². The Morgan fingerprint density at radius 2 is 1.48 bits per heavy atom. The molecule has 2 heterocycles. The molecule has 8 nitrogen and oxygen atoms in total. The third-order valence-corrected chi connectivity index (χ3v) is 7.75. The van der Waals surface area contributed by atoms with Crippen LogP contribution in [-0.4, -0.2) is 49.2 Å². The van der Waals surface area contributed by atoms with Crippen LogP contribution in [0.15, 0.2) is 66.7 Å². The normalized spacial score (nSPS) is 19.1.